The van der Waals surface area contributed by atoms with Gasteiger partial charge in [0.25, 0.3) is 0 Å². The average Bonchev–Trinajstić information content (AvgIpc) is 2.15. The van der Waals surface area contributed by atoms with E-state index in [0.29, 0.717) is 5.56 Å². The molecule has 0 amide bonds. The molecule has 0 unspecified atom stereocenters. The van der Waals surface area contributed by atoms with Crippen LogP contribution in [0.4, 0.5) is 4.39 Å². The van der Waals surface area contributed by atoms with Crippen LogP contribution in [0.25, 0.3) is 0 Å². The third kappa shape index (κ3) is 2.79. The smallest absolute Gasteiger partial charge is 0.335 e. The summed E-state index contributed by atoms with van der Waals surface area (Å²) in [7, 11) is 0. The molecule has 4 nitrogen and oxygen atoms in total. The van der Waals surface area contributed by atoms with Gasteiger partial charge in [0.05, 0.1) is 5.56 Å². The summed E-state index contributed by atoms with van der Waals surface area (Å²) in [5, 5.41) is 17.3. The Bertz CT molecular complexity index is 440. The Kier molecular flexibility index (Phi) is 3.60. The van der Waals surface area contributed by atoms with E-state index < -0.39 is 17.8 Å². The van der Waals surface area contributed by atoms with Gasteiger partial charge in [0.1, 0.15) is 5.82 Å². The van der Waals surface area contributed by atoms with Gasteiger partial charge < -0.3 is 10.2 Å². The number of halogens is 1. The van der Waals surface area contributed by atoms with Gasteiger partial charge in [0.2, 0.25) is 0 Å². The number of carboxylic acid groups (broad SMARTS) is 2. The van der Waals surface area contributed by atoms with Crippen molar-refractivity contribution in [3.8, 4) is 0 Å². The van der Waals surface area contributed by atoms with Crippen LogP contribution in [0.1, 0.15) is 27.9 Å². The van der Waals surface area contributed by atoms with E-state index in [1.807, 2.05) is 0 Å². The van der Waals surface area contributed by atoms with E-state index in [1.165, 1.54) is 13.0 Å². The number of aliphatic carboxylic acids is 1. The lowest BCUT2D eigenvalue weighted by Gasteiger charge is -2.06. The molecule has 0 saturated heterocycles. The van der Waals surface area contributed by atoms with Gasteiger partial charge >= 0.3 is 11.9 Å². The summed E-state index contributed by atoms with van der Waals surface area (Å²) in [5.74, 6) is -2.75. The first-order valence-electron chi connectivity index (χ1n) is 4.66. The summed E-state index contributed by atoms with van der Waals surface area (Å²) >= 11 is 0. The Hall–Kier alpha value is -1.91. The van der Waals surface area contributed by atoms with Crippen LogP contribution in [0.3, 0.4) is 0 Å². The van der Waals surface area contributed by atoms with Gasteiger partial charge in [0, 0.05) is 6.42 Å². The second kappa shape index (κ2) is 4.74. The average molecular weight is 226 g/mol. The van der Waals surface area contributed by atoms with Crippen LogP contribution in [0.5, 0.6) is 0 Å². The van der Waals surface area contributed by atoms with Crippen LogP contribution in [0, 0.1) is 12.7 Å². The number of benzene rings is 1. The van der Waals surface area contributed by atoms with Crippen molar-refractivity contribution in [3.63, 3.8) is 0 Å². The van der Waals surface area contributed by atoms with Crippen LogP contribution >= 0.6 is 0 Å². The Morgan fingerprint density at radius 2 is 1.94 bits per heavy atom. The van der Waals surface area contributed by atoms with Gasteiger partial charge in [-0.3, -0.25) is 4.79 Å². The molecule has 0 saturated carbocycles. The first-order chi connectivity index (χ1) is 7.41. The van der Waals surface area contributed by atoms with Crippen molar-refractivity contribution in [2.45, 2.75) is 19.8 Å². The van der Waals surface area contributed by atoms with Gasteiger partial charge in [-0.1, -0.05) is 0 Å². The summed E-state index contributed by atoms with van der Waals surface area (Å²) in [4.78, 5) is 21.1. The highest BCUT2D eigenvalue weighted by atomic mass is 19.1. The molecular formula is C11H11FO4. The second-order valence-corrected chi connectivity index (χ2v) is 3.46. The summed E-state index contributed by atoms with van der Waals surface area (Å²) < 4.78 is 13.4. The standard InChI is InChI=1S/C11H11FO4/c1-6-4-9(12)7(2-3-10(13)14)5-8(6)11(15)16/h4-5H,2-3H2,1H3,(H,13,14)(H,15,16). The highest BCUT2D eigenvalue weighted by Crippen LogP contribution is 2.17. The van der Waals surface area contributed by atoms with E-state index in [0.717, 1.165) is 6.07 Å². The van der Waals surface area contributed by atoms with Crippen LogP contribution in [0.2, 0.25) is 0 Å². The number of hydrogen-bond donors (Lipinski definition) is 2. The van der Waals surface area contributed by atoms with E-state index >= 15 is 0 Å². The Labute approximate surface area is 91.3 Å². The lowest BCUT2D eigenvalue weighted by atomic mass is 10.0. The second-order valence-electron chi connectivity index (χ2n) is 3.46. The number of carbonyl (C=O) groups is 2. The largest absolute Gasteiger partial charge is 0.481 e. The number of hydrogen-bond acceptors (Lipinski definition) is 2. The first-order valence-corrected chi connectivity index (χ1v) is 4.66. The summed E-state index contributed by atoms with van der Waals surface area (Å²) in [6.07, 6.45) is -0.235. The minimum atomic E-state index is -1.14. The molecule has 0 aliphatic heterocycles. The fourth-order valence-electron chi connectivity index (χ4n) is 1.38. The van der Waals surface area contributed by atoms with Gasteiger partial charge in [-0.25, -0.2) is 9.18 Å². The zero-order valence-corrected chi connectivity index (χ0v) is 8.66. The van der Waals surface area contributed by atoms with E-state index in [-0.39, 0.29) is 24.0 Å². The lowest BCUT2D eigenvalue weighted by molar-refractivity contribution is -0.136. The summed E-state index contributed by atoms with van der Waals surface area (Å²) in [6, 6.07) is 2.30. The monoisotopic (exact) mass is 226 g/mol. The molecule has 0 aromatic heterocycles. The molecule has 0 radical (unpaired) electrons. The molecule has 0 aliphatic rings. The van der Waals surface area contributed by atoms with Crippen LogP contribution in [-0.2, 0) is 11.2 Å². The highest BCUT2D eigenvalue weighted by Gasteiger charge is 2.13. The first kappa shape index (κ1) is 12.2. The molecule has 2 N–H and O–H groups in total. The zero-order chi connectivity index (χ0) is 12.3. The third-order valence-corrected chi connectivity index (χ3v) is 2.23. The van der Waals surface area contributed by atoms with Crippen molar-refractivity contribution >= 4 is 11.9 Å². The van der Waals surface area contributed by atoms with Crippen molar-refractivity contribution in [3.05, 3.63) is 34.6 Å². The van der Waals surface area contributed by atoms with Gasteiger partial charge in [-0.2, -0.15) is 0 Å². The van der Waals surface area contributed by atoms with Crippen LogP contribution < -0.4 is 0 Å². The normalized spacial score (nSPS) is 10.1. The van der Waals surface area contributed by atoms with Crippen molar-refractivity contribution in [2.24, 2.45) is 0 Å². The molecule has 0 atom stereocenters. The van der Waals surface area contributed by atoms with Crippen molar-refractivity contribution in [2.75, 3.05) is 0 Å². The molecule has 86 valence electrons. The molecule has 0 fully saturated rings. The lowest BCUT2D eigenvalue weighted by Crippen LogP contribution is -2.05. The number of carboxylic acids is 2. The third-order valence-electron chi connectivity index (χ3n) is 2.23. The van der Waals surface area contributed by atoms with Crippen LogP contribution in [0.15, 0.2) is 12.1 Å². The quantitative estimate of drug-likeness (QED) is 0.821. The molecule has 1 rings (SSSR count). The molecule has 1 aromatic rings. The maximum Gasteiger partial charge on any atom is 0.335 e. The molecule has 5 heteroatoms. The molecule has 0 aliphatic carbocycles. The number of aryl methyl sites for hydroxylation is 2. The van der Waals surface area contributed by atoms with Crippen molar-refractivity contribution < 1.29 is 24.2 Å². The maximum absolute atomic E-state index is 13.4. The number of aromatic carboxylic acids is 1. The van der Waals surface area contributed by atoms with E-state index in [9.17, 15) is 14.0 Å². The minimum absolute atomic E-state index is 0.00166. The Balaban J connectivity index is 3.05. The minimum Gasteiger partial charge on any atom is -0.481 e. The molecule has 1 aromatic carbocycles. The Morgan fingerprint density at radius 1 is 1.31 bits per heavy atom. The molecular weight excluding hydrogens is 215 g/mol. The van der Waals surface area contributed by atoms with Gasteiger partial charge in [-0.05, 0) is 36.6 Å². The van der Waals surface area contributed by atoms with Crippen molar-refractivity contribution in [1.82, 2.24) is 0 Å². The molecule has 16 heavy (non-hydrogen) atoms. The zero-order valence-electron chi connectivity index (χ0n) is 8.66. The highest BCUT2D eigenvalue weighted by molar-refractivity contribution is 5.89. The van der Waals surface area contributed by atoms with E-state index in [1.54, 1.807) is 0 Å². The predicted molar refractivity (Wildman–Crippen MR) is 54.1 cm³/mol. The maximum atomic E-state index is 13.4. The summed E-state index contributed by atoms with van der Waals surface area (Å²) in [6.45, 7) is 1.49. The fraction of sp³-hybridized carbons (Fsp3) is 0.273. The van der Waals surface area contributed by atoms with Crippen molar-refractivity contribution in [1.29, 1.82) is 0 Å². The van der Waals surface area contributed by atoms with E-state index in [2.05, 4.69) is 0 Å². The predicted octanol–water partition coefficient (Wildman–Crippen LogP) is 1.85. The number of rotatable bonds is 4. The van der Waals surface area contributed by atoms with Gasteiger partial charge in [-0.15, -0.1) is 0 Å². The van der Waals surface area contributed by atoms with Gasteiger partial charge in [0.15, 0.2) is 0 Å². The van der Waals surface area contributed by atoms with Crippen LogP contribution in [-0.4, -0.2) is 22.2 Å². The molecule has 0 heterocycles. The van der Waals surface area contributed by atoms with E-state index in [4.69, 9.17) is 10.2 Å². The summed E-state index contributed by atoms with van der Waals surface area (Å²) in [5.41, 5.74) is 0.441. The fourth-order valence-corrected chi connectivity index (χ4v) is 1.38. The Morgan fingerprint density at radius 3 is 2.44 bits per heavy atom. The molecule has 0 bridgehead atoms. The topological polar surface area (TPSA) is 74.6 Å². The molecule has 0 spiro atoms. The SMILES string of the molecule is Cc1cc(F)c(CCC(=O)O)cc1C(=O)O.